The minimum Gasteiger partial charge on any atom is -0.397 e. The number of rotatable bonds is 3. The molecular formula is C9H11ClF2N2. The summed E-state index contributed by atoms with van der Waals surface area (Å²) in [7, 11) is 0. The predicted octanol–water partition coefficient (Wildman–Crippen LogP) is 2.91. The molecule has 0 bridgehead atoms. The van der Waals surface area contributed by atoms with Gasteiger partial charge < -0.3 is 11.1 Å². The fraction of sp³-hybridized carbons (Fsp3) is 0.333. The van der Waals surface area contributed by atoms with Crippen molar-refractivity contribution in [2.24, 2.45) is 0 Å². The van der Waals surface area contributed by atoms with Gasteiger partial charge in [-0.05, 0) is 24.6 Å². The molecule has 0 amide bonds. The number of alkyl halides is 2. The van der Waals surface area contributed by atoms with Crippen molar-refractivity contribution in [1.29, 1.82) is 0 Å². The second-order valence-electron chi connectivity index (χ2n) is 2.91. The lowest BCUT2D eigenvalue weighted by molar-refractivity contribution is 0.163. The Kier molecular flexibility index (Phi) is 3.52. The smallest absolute Gasteiger partial charge is 0.255 e. The quantitative estimate of drug-likeness (QED) is 0.769. The summed E-state index contributed by atoms with van der Waals surface area (Å²) >= 11 is 5.82. The number of hydrogen-bond acceptors (Lipinski definition) is 2. The third kappa shape index (κ3) is 2.48. The number of halogens is 3. The summed E-state index contributed by atoms with van der Waals surface area (Å²) in [5.41, 5.74) is 7.21. The van der Waals surface area contributed by atoms with Crippen molar-refractivity contribution in [2.45, 2.75) is 13.3 Å². The van der Waals surface area contributed by atoms with Gasteiger partial charge in [0.1, 0.15) is 0 Å². The molecule has 0 aliphatic rings. The molecule has 5 heteroatoms. The minimum absolute atomic E-state index is 0.424. The van der Waals surface area contributed by atoms with Crippen LogP contribution in [0.2, 0.25) is 5.02 Å². The number of benzene rings is 1. The van der Waals surface area contributed by atoms with Crippen molar-refractivity contribution in [3.05, 3.63) is 22.7 Å². The molecule has 1 aromatic rings. The number of nitrogens with two attached hydrogens (primary N) is 1. The Morgan fingerprint density at radius 2 is 2.14 bits per heavy atom. The van der Waals surface area contributed by atoms with E-state index in [-0.39, 0.29) is 0 Å². The molecule has 3 N–H and O–H groups in total. The van der Waals surface area contributed by atoms with Gasteiger partial charge in [-0.3, -0.25) is 0 Å². The average molecular weight is 221 g/mol. The van der Waals surface area contributed by atoms with Crippen LogP contribution in [0.1, 0.15) is 5.56 Å². The lowest BCUT2D eigenvalue weighted by atomic mass is 10.1. The molecule has 0 saturated carbocycles. The average Bonchev–Trinajstić information content (AvgIpc) is 2.11. The maximum atomic E-state index is 11.9. The first-order valence-electron chi connectivity index (χ1n) is 4.09. The Morgan fingerprint density at radius 1 is 1.50 bits per heavy atom. The van der Waals surface area contributed by atoms with E-state index in [2.05, 4.69) is 5.32 Å². The summed E-state index contributed by atoms with van der Waals surface area (Å²) in [6.07, 6.45) is -2.41. The van der Waals surface area contributed by atoms with Crippen molar-refractivity contribution in [2.75, 3.05) is 17.6 Å². The van der Waals surface area contributed by atoms with Crippen LogP contribution in [0.5, 0.6) is 0 Å². The summed E-state index contributed by atoms with van der Waals surface area (Å²) in [6, 6.07) is 3.23. The van der Waals surface area contributed by atoms with Gasteiger partial charge in [0.25, 0.3) is 6.43 Å². The standard InChI is InChI=1S/C9H11ClF2N2/c1-5-6(10)2-3-7(13)9(5)14-4-8(11)12/h2-3,8,14H,4,13H2,1H3. The van der Waals surface area contributed by atoms with Gasteiger partial charge in [-0.2, -0.15) is 0 Å². The summed E-state index contributed by atoms with van der Waals surface area (Å²) in [5.74, 6) is 0. The Hall–Kier alpha value is -1.03. The summed E-state index contributed by atoms with van der Waals surface area (Å²) in [5, 5.41) is 3.07. The number of nitrogens with one attached hydrogen (secondary N) is 1. The van der Waals surface area contributed by atoms with Crippen molar-refractivity contribution in [1.82, 2.24) is 0 Å². The fourth-order valence-electron chi connectivity index (χ4n) is 1.12. The molecule has 0 aliphatic carbocycles. The van der Waals surface area contributed by atoms with E-state index in [1.807, 2.05) is 0 Å². The van der Waals surface area contributed by atoms with E-state index in [1.165, 1.54) is 0 Å². The van der Waals surface area contributed by atoms with Crippen molar-refractivity contribution in [3.8, 4) is 0 Å². The van der Waals surface area contributed by atoms with Gasteiger partial charge in [-0.1, -0.05) is 11.6 Å². The van der Waals surface area contributed by atoms with E-state index in [1.54, 1.807) is 19.1 Å². The Balaban J connectivity index is 2.89. The van der Waals surface area contributed by atoms with E-state index in [0.29, 0.717) is 22.0 Å². The highest BCUT2D eigenvalue weighted by atomic mass is 35.5. The van der Waals surface area contributed by atoms with Crippen LogP contribution >= 0.6 is 11.6 Å². The van der Waals surface area contributed by atoms with Gasteiger partial charge in [0.2, 0.25) is 0 Å². The third-order valence-electron chi connectivity index (χ3n) is 1.86. The fourth-order valence-corrected chi connectivity index (χ4v) is 1.28. The van der Waals surface area contributed by atoms with Crippen LogP contribution in [0.3, 0.4) is 0 Å². The normalized spacial score (nSPS) is 10.6. The summed E-state index contributed by atoms with van der Waals surface area (Å²) < 4.78 is 23.9. The first kappa shape index (κ1) is 11.0. The van der Waals surface area contributed by atoms with Crippen LogP contribution in [0, 0.1) is 6.92 Å². The lowest BCUT2D eigenvalue weighted by Gasteiger charge is -2.12. The minimum atomic E-state index is -2.41. The molecule has 0 spiro atoms. The molecule has 0 aromatic heterocycles. The topological polar surface area (TPSA) is 38.0 Å². The van der Waals surface area contributed by atoms with Crippen molar-refractivity contribution in [3.63, 3.8) is 0 Å². The molecule has 0 saturated heterocycles. The maximum absolute atomic E-state index is 11.9. The van der Waals surface area contributed by atoms with Gasteiger partial charge >= 0.3 is 0 Å². The Bertz CT molecular complexity index is 329. The first-order valence-corrected chi connectivity index (χ1v) is 4.46. The molecule has 0 radical (unpaired) electrons. The van der Waals surface area contributed by atoms with E-state index >= 15 is 0 Å². The first-order chi connectivity index (χ1) is 6.52. The second kappa shape index (κ2) is 4.46. The van der Waals surface area contributed by atoms with Gasteiger partial charge in [-0.25, -0.2) is 8.78 Å². The van der Waals surface area contributed by atoms with Gasteiger partial charge in [0.15, 0.2) is 0 Å². The molecule has 0 heterocycles. The molecule has 1 rings (SSSR count). The molecule has 0 aliphatic heterocycles. The number of hydrogen-bond donors (Lipinski definition) is 2. The Morgan fingerprint density at radius 3 is 2.71 bits per heavy atom. The van der Waals surface area contributed by atoms with Crippen LogP contribution in [0.25, 0.3) is 0 Å². The zero-order valence-corrected chi connectivity index (χ0v) is 8.41. The van der Waals surface area contributed by atoms with Crippen LogP contribution in [0.4, 0.5) is 20.2 Å². The van der Waals surface area contributed by atoms with Crippen molar-refractivity contribution >= 4 is 23.0 Å². The van der Waals surface area contributed by atoms with Gasteiger partial charge in [-0.15, -0.1) is 0 Å². The zero-order chi connectivity index (χ0) is 10.7. The molecule has 14 heavy (non-hydrogen) atoms. The lowest BCUT2D eigenvalue weighted by Crippen LogP contribution is -2.12. The highest BCUT2D eigenvalue weighted by Gasteiger charge is 2.08. The van der Waals surface area contributed by atoms with E-state index < -0.39 is 13.0 Å². The molecule has 78 valence electrons. The zero-order valence-electron chi connectivity index (χ0n) is 7.65. The number of anilines is 2. The van der Waals surface area contributed by atoms with E-state index in [0.717, 1.165) is 0 Å². The van der Waals surface area contributed by atoms with E-state index in [4.69, 9.17) is 17.3 Å². The maximum Gasteiger partial charge on any atom is 0.255 e. The van der Waals surface area contributed by atoms with Gasteiger partial charge in [0.05, 0.1) is 17.9 Å². The predicted molar refractivity (Wildman–Crippen MR) is 55.1 cm³/mol. The van der Waals surface area contributed by atoms with Crippen molar-refractivity contribution < 1.29 is 8.78 Å². The van der Waals surface area contributed by atoms with Gasteiger partial charge in [0, 0.05) is 5.02 Å². The molecule has 0 atom stereocenters. The highest BCUT2D eigenvalue weighted by molar-refractivity contribution is 6.31. The second-order valence-corrected chi connectivity index (χ2v) is 3.32. The van der Waals surface area contributed by atoms with Crippen LogP contribution in [-0.4, -0.2) is 13.0 Å². The molecule has 2 nitrogen and oxygen atoms in total. The SMILES string of the molecule is Cc1c(Cl)ccc(N)c1NCC(F)F. The molecule has 0 fully saturated rings. The monoisotopic (exact) mass is 220 g/mol. The van der Waals surface area contributed by atoms with Crippen LogP contribution in [0.15, 0.2) is 12.1 Å². The van der Waals surface area contributed by atoms with E-state index in [9.17, 15) is 8.78 Å². The largest absolute Gasteiger partial charge is 0.397 e. The number of nitrogen functional groups attached to an aromatic ring is 1. The summed E-state index contributed by atoms with van der Waals surface area (Å²) in [6.45, 7) is 1.30. The third-order valence-corrected chi connectivity index (χ3v) is 2.27. The van der Waals surface area contributed by atoms with Crippen LogP contribution in [-0.2, 0) is 0 Å². The molecule has 1 aromatic carbocycles. The highest BCUT2D eigenvalue weighted by Crippen LogP contribution is 2.29. The Labute approximate surface area is 86.1 Å². The molecule has 0 unspecified atom stereocenters. The molecular weight excluding hydrogens is 210 g/mol. The summed E-state index contributed by atoms with van der Waals surface area (Å²) in [4.78, 5) is 0. The van der Waals surface area contributed by atoms with Crippen LogP contribution < -0.4 is 11.1 Å².